The summed E-state index contributed by atoms with van der Waals surface area (Å²) in [6, 6.07) is 0. The second-order valence-corrected chi connectivity index (χ2v) is 9.77. The Labute approximate surface area is 166 Å². The van der Waals surface area contributed by atoms with Crippen LogP contribution in [0.15, 0.2) is 17.3 Å². The van der Waals surface area contributed by atoms with Crippen molar-refractivity contribution in [3.05, 3.63) is 12.2 Å². The van der Waals surface area contributed by atoms with Crippen molar-refractivity contribution in [2.45, 2.75) is 76.7 Å². The highest BCUT2D eigenvalue weighted by Gasteiger charge is 2.58. The third-order valence-corrected chi connectivity index (χ3v) is 7.90. The van der Waals surface area contributed by atoms with Gasteiger partial charge in [0.2, 0.25) is 0 Å². The zero-order valence-corrected chi connectivity index (χ0v) is 17.7. The molecule has 0 aromatic rings. The van der Waals surface area contributed by atoms with Gasteiger partial charge in [-0.1, -0.05) is 50.3 Å². The van der Waals surface area contributed by atoms with E-state index in [1.807, 2.05) is 20.2 Å². The Hall–Kier alpha value is -0.870. The average molecular weight is 377 g/mol. The molecule has 4 atom stereocenters. The van der Waals surface area contributed by atoms with Crippen LogP contribution in [0.1, 0.15) is 71.1 Å². The zero-order valence-electron chi connectivity index (χ0n) is 17.7. The fourth-order valence-corrected chi connectivity index (χ4v) is 5.97. The number of oxime groups is 1. The highest BCUT2D eigenvalue weighted by Crippen LogP contribution is 2.61. The minimum Gasteiger partial charge on any atom is -0.394 e. The first kappa shape index (κ1) is 20.9. The van der Waals surface area contributed by atoms with Crippen LogP contribution in [0.5, 0.6) is 0 Å². The van der Waals surface area contributed by atoms with Crippen molar-refractivity contribution in [3.63, 3.8) is 0 Å². The molecular formula is C23H40N2O2. The van der Waals surface area contributed by atoms with Crippen LogP contribution in [0.25, 0.3) is 0 Å². The first-order chi connectivity index (χ1) is 12.9. The molecule has 3 saturated carbocycles. The van der Waals surface area contributed by atoms with Crippen LogP contribution in [-0.2, 0) is 4.84 Å². The first-order valence-electron chi connectivity index (χ1n) is 11.1. The maximum Gasteiger partial charge on any atom is 0.129 e. The highest BCUT2D eigenvalue weighted by atomic mass is 16.6. The van der Waals surface area contributed by atoms with Gasteiger partial charge in [-0.05, 0) is 70.0 Å². The van der Waals surface area contributed by atoms with Crippen LogP contribution < -0.4 is 0 Å². The number of rotatable bonds is 7. The van der Waals surface area contributed by atoms with Gasteiger partial charge in [-0.25, -0.2) is 0 Å². The molecule has 4 heteroatoms. The summed E-state index contributed by atoms with van der Waals surface area (Å²) in [4.78, 5) is 7.35. The molecular weight excluding hydrogens is 336 g/mol. The van der Waals surface area contributed by atoms with Gasteiger partial charge < -0.3 is 14.8 Å². The van der Waals surface area contributed by atoms with E-state index in [0.29, 0.717) is 12.5 Å². The van der Waals surface area contributed by atoms with E-state index in [2.05, 4.69) is 23.1 Å². The molecule has 27 heavy (non-hydrogen) atoms. The maximum absolute atomic E-state index is 11.6. The number of likely N-dealkylation sites (N-methyl/N-ethyl adjacent to an activating group) is 1. The molecule has 0 heterocycles. The SMILES string of the molecule is CN(C)CCO/N=C/C=C/[C@H]1CC[C@]2(O)C[C@@H](C3CCCCC3)CC[C@]12C. The van der Waals surface area contributed by atoms with E-state index in [1.165, 1.54) is 38.5 Å². The Balaban J connectivity index is 1.53. The molecule has 0 radical (unpaired) electrons. The molecule has 0 aromatic heterocycles. The van der Waals surface area contributed by atoms with Gasteiger partial charge in [0.1, 0.15) is 6.61 Å². The molecule has 0 unspecified atom stereocenters. The predicted molar refractivity (Wildman–Crippen MR) is 112 cm³/mol. The van der Waals surface area contributed by atoms with E-state index in [1.54, 1.807) is 6.21 Å². The lowest BCUT2D eigenvalue weighted by atomic mass is 9.57. The summed E-state index contributed by atoms with van der Waals surface area (Å²) in [5, 5.41) is 15.6. The Morgan fingerprint density at radius 2 is 1.85 bits per heavy atom. The highest BCUT2D eigenvalue weighted by molar-refractivity contribution is 5.70. The van der Waals surface area contributed by atoms with E-state index in [4.69, 9.17) is 4.84 Å². The Morgan fingerprint density at radius 1 is 1.07 bits per heavy atom. The number of allylic oxidation sites excluding steroid dienone is 2. The summed E-state index contributed by atoms with van der Waals surface area (Å²) in [6.45, 7) is 3.81. The van der Waals surface area contributed by atoms with E-state index >= 15 is 0 Å². The fraction of sp³-hybridized carbons (Fsp3) is 0.870. The van der Waals surface area contributed by atoms with Gasteiger partial charge in [0.15, 0.2) is 0 Å². The number of hydrogen-bond donors (Lipinski definition) is 1. The van der Waals surface area contributed by atoms with Gasteiger partial charge in [0.25, 0.3) is 0 Å². The lowest BCUT2D eigenvalue weighted by Gasteiger charge is -2.51. The molecule has 0 spiro atoms. The van der Waals surface area contributed by atoms with Gasteiger partial charge in [-0.2, -0.15) is 0 Å². The molecule has 0 amide bonds. The summed E-state index contributed by atoms with van der Waals surface area (Å²) >= 11 is 0. The normalized spacial score (nSPS) is 38.1. The quantitative estimate of drug-likeness (QED) is 0.400. The summed E-state index contributed by atoms with van der Waals surface area (Å²) < 4.78 is 0. The minimum atomic E-state index is -0.471. The van der Waals surface area contributed by atoms with Crippen LogP contribution in [0.4, 0.5) is 0 Å². The minimum absolute atomic E-state index is 0.0221. The summed E-state index contributed by atoms with van der Waals surface area (Å²) in [5.41, 5.74) is -0.448. The monoisotopic (exact) mass is 376 g/mol. The van der Waals surface area contributed by atoms with E-state index < -0.39 is 5.60 Å². The topological polar surface area (TPSA) is 45.1 Å². The average Bonchev–Trinajstić information content (AvgIpc) is 2.92. The van der Waals surface area contributed by atoms with Gasteiger partial charge in [-0.15, -0.1) is 0 Å². The Kier molecular flexibility index (Phi) is 7.02. The molecule has 1 N–H and O–H groups in total. The first-order valence-corrected chi connectivity index (χ1v) is 11.1. The van der Waals surface area contributed by atoms with Gasteiger partial charge in [0.05, 0.1) is 11.8 Å². The third kappa shape index (κ3) is 4.76. The van der Waals surface area contributed by atoms with Crippen molar-refractivity contribution in [2.24, 2.45) is 28.3 Å². The number of nitrogens with zero attached hydrogens (tertiary/aromatic N) is 2. The van der Waals surface area contributed by atoms with Crippen LogP contribution >= 0.6 is 0 Å². The summed E-state index contributed by atoms with van der Waals surface area (Å²) in [6.07, 6.45) is 18.6. The molecule has 3 aliphatic carbocycles. The van der Waals surface area contributed by atoms with Crippen molar-refractivity contribution in [1.29, 1.82) is 0 Å². The van der Waals surface area contributed by atoms with Crippen molar-refractivity contribution in [2.75, 3.05) is 27.2 Å². The number of fused-ring (bicyclic) bond motifs is 1. The number of aliphatic hydroxyl groups is 1. The van der Waals surface area contributed by atoms with Crippen molar-refractivity contribution >= 4 is 6.21 Å². The fourth-order valence-electron chi connectivity index (χ4n) is 5.97. The molecule has 0 saturated heterocycles. The molecule has 154 valence electrons. The molecule has 3 aliphatic rings. The van der Waals surface area contributed by atoms with Gasteiger partial charge >= 0.3 is 0 Å². The van der Waals surface area contributed by atoms with E-state index in [9.17, 15) is 5.11 Å². The second-order valence-electron chi connectivity index (χ2n) is 9.77. The van der Waals surface area contributed by atoms with Crippen LogP contribution in [0.3, 0.4) is 0 Å². The predicted octanol–water partition coefficient (Wildman–Crippen LogP) is 4.63. The lowest BCUT2D eigenvalue weighted by molar-refractivity contribution is -0.117. The van der Waals surface area contributed by atoms with Crippen LogP contribution in [-0.4, -0.2) is 49.1 Å². The van der Waals surface area contributed by atoms with Crippen molar-refractivity contribution < 1.29 is 9.94 Å². The molecule has 0 aromatic carbocycles. The van der Waals surface area contributed by atoms with Crippen molar-refractivity contribution in [3.8, 4) is 0 Å². The van der Waals surface area contributed by atoms with Gasteiger partial charge in [0, 0.05) is 12.0 Å². The molecule has 4 nitrogen and oxygen atoms in total. The molecule has 0 aliphatic heterocycles. The third-order valence-electron chi connectivity index (χ3n) is 7.90. The van der Waals surface area contributed by atoms with Gasteiger partial charge in [-0.3, -0.25) is 0 Å². The molecule has 3 rings (SSSR count). The number of hydrogen-bond acceptors (Lipinski definition) is 4. The molecule has 3 fully saturated rings. The summed E-state index contributed by atoms with van der Waals surface area (Å²) in [7, 11) is 4.05. The Bertz CT molecular complexity index is 526. The van der Waals surface area contributed by atoms with Crippen LogP contribution in [0.2, 0.25) is 0 Å². The van der Waals surface area contributed by atoms with E-state index in [-0.39, 0.29) is 5.41 Å². The smallest absolute Gasteiger partial charge is 0.129 e. The standard InChI is InChI=1S/C23H40N2O2/c1-22-13-11-20(19-8-5-4-6-9-19)18-23(22,26)14-12-21(22)10-7-15-24-27-17-16-25(2)3/h7,10,15,19-21,26H,4-6,8-9,11-14,16-18H2,1-3H3/b10-7+,24-15+/t20-,21-,22+,23-/m0/s1. The van der Waals surface area contributed by atoms with E-state index in [0.717, 1.165) is 44.1 Å². The maximum atomic E-state index is 11.6. The summed E-state index contributed by atoms with van der Waals surface area (Å²) in [5.74, 6) is 2.06. The Morgan fingerprint density at radius 3 is 2.59 bits per heavy atom. The lowest BCUT2D eigenvalue weighted by Crippen LogP contribution is -2.50. The van der Waals surface area contributed by atoms with Crippen LogP contribution in [0, 0.1) is 23.2 Å². The van der Waals surface area contributed by atoms with Crippen molar-refractivity contribution in [1.82, 2.24) is 4.90 Å². The second kappa shape index (κ2) is 9.09. The zero-order chi connectivity index (χ0) is 19.3. The largest absolute Gasteiger partial charge is 0.394 e. The molecule has 0 bridgehead atoms.